The molecule has 2 amide bonds. The first-order chi connectivity index (χ1) is 12.5. The minimum Gasteiger partial charge on any atom is -0.480 e. The highest BCUT2D eigenvalue weighted by Crippen LogP contribution is 1.96. The van der Waals surface area contributed by atoms with E-state index in [-0.39, 0.29) is 18.6 Å². The molecule has 0 aromatic rings. The molecule has 0 radical (unpaired) electrons. The lowest BCUT2D eigenvalue weighted by molar-refractivity contribution is -0.789. The van der Waals surface area contributed by atoms with Crippen LogP contribution < -0.4 is 16.5 Å². The van der Waals surface area contributed by atoms with Crippen LogP contribution in [0.5, 0.6) is 0 Å². The molecule has 0 aromatic carbocycles. The smallest absolute Gasteiger partial charge is 0.320 e. The van der Waals surface area contributed by atoms with Crippen molar-refractivity contribution in [2.75, 3.05) is 13.2 Å². The molecule has 0 saturated heterocycles. The lowest BCUT2D eigenvalue weighted by Gasteiger charge is -2.14. The zero-order valence-electron chi connectivity index (χ0n) is 14.0. The van der Waals surface area contributed by atoms with Gasteiger partial charge >= 0.3 is 5.97 Å². The van der Waals surface area contributed by atoms with Gasteiger partial charge in [-0.05, 0) is 13.3 Å². The monoisotopic (exact) mass is 394 g/mol. The summed E-state index contributed by atoms with van der Waals surface area (Å²) in [5.41, 5.74) is 6.98. The van der Waals surface area contributed by atoms with Gasteiger partial charge in [-0.2, -0.15) is 5.10 Å². The number of hydrogen-bond donors (Lipinski definition) is 4. The number of carboxylic acids is 1. The van der Waals surface area contributed by atoms with Gasteiger partial charge in [-0.15, -0.1) is 20.2 Å². The fourth-order valence-corrected chi connectivity index (χ4v) is 1.39. The van der Waals surface area contributed by atoms with E-state index in [4.69, 9.17) is 10.8 Å². The number of carboxylic acid groups (broad SMARTS) is 1. The fourth-order valence-electron chi connectivity index (χ4n) is 1.39. The number of nitrogens with one attached hydrogen (secondary N) is 2. The van der Waals surface area contributed by atoms with Crippen molar-refractivity contribution >= 4 is 23.5 Å². The van der Waals surface area contributed by atoms with Gasteiger partial charge < -0.3 is 25.8 Å². The first-order valence-corrected chi connectivity index (χ1v) is 7.21. The van der Waals surface area contributed by atoms with Crippen LogP contribution in [-0.4, -0.2) is 64.1 Å². The predicted molar refractivity (Wildman–Crippen MR) is 83.9 cm³/mol. The van der Waals surface area contributed by atoms with Crippen molar-refractivity contribution in [1.29, 1.82) is 0 Å². The molecule has 0 unspecified atom stereocenters. The summed E-state index contributed by atoms with van der Waals surface area (Å²) >= 11 is 0. The molecule has 0 rings (SSSR count). The standard InChI is InChI=1S/C11H18N6O10/c1-6(14-15-9(18)3-2-8(12)11(20)21)10(19)13-4-7(27-17(24)25)5-26-16(22)23/h7-8H,2-5,12H2,1H3,(H,13,19)(H,15,18)(H,20,21)/b14-6-/t7-,8-/m0/s1. The van der Waals surface area contributed by atoms with E-state index in [9.17, 15) is 34.6 Å². The van der Waals surface area contributed by atoms with Crippen molar-refractivity contribution in [3.63, 3.8) is 0 Å². The maximum absolute atomic E-state index is 11.7. The van der Waals surface area contributed by atoms with Crippen LogP contribution in [0.2, 0.25) is 0 Å². The Bertz CT molecular complexity index is 608. The van der Waals surface area contributed by atoms with Gasteiger partial charge in [0.05, 0.1) is 0 Å². The molecule has 0 bridgehead atoms. The van der Waals surface area contributed by atoms with E-state index in [1.54, 1.807) is 0 Å². The third kappa shape index (κ3) is 11.6. The predicted octanol–water partition coefficient (Wildman–Crippen LogP) is -2.43. The molecule has 0 aliphatic heterocycles. The summed E-state index contributed by atoms with van der Waals surface area (Å²) in [5, 5.41) is 32.2. The molecular formula is C11H18N6O10. The minimum atomic E-state index is -1.45. The first-order valence-electron chi connectivity index (χ1n) is 7.21. The number of aliphatic carboxylic acids is 1. The number of rotatable bonds is 13. The number of hydrazone groups is 1. The third-order valence-electron chi connectivity index (χ3n) is 2.77. The zero-order valence-corrected chi connectivity index (χ0v) is 14.0. The Balaban J connectivity index is 4.45. The van der Waals surface area contributed by atoms with Gasteiger partial charge in [0.1, 0.15) is 24.5 Å². The molecular weight excluding hydrogens is 376 g/mol. The van der Waals surface area contributed by atoms with Crippen molar-refractivity contribution in [3.05, 3.63) is 20.2 Å². The van der Waals surface area contributed by atoms with E-state index in [0.29, 0.717) is 0 Å². The van der Waals surface area contributed by atoms with Crippen molar-refractivity contribution in [3.8, 4) is 0 Å². The van der Waals surface area contributed by atoms with Gasteiger partial charge in [-0.3, -0.25) is 14.4 Å². The van der Waals surface area contributed by atoms with Crippen molar-refractivity contribution < 1.29 is 39.3 Å². The highest BCUT2D eigenvalue weighted by Gasteiger charge is 2.18. The Kier molecular flexibility index (Phi) is 10.3. The average molecular weight is 394 g/mol. The lowest BCUT2D eigenvalue weighted by Crippen LogP contribution is -2.40. The van der Waals surface area contributed by atoms with Gasteiger partial charge in [0, 0.05) is 13.0 Å². The number of hydrogen-bond acceptors (Lipinski definition) is 11. The van der Waals surface area contributed by atoms with E-state index >= 15 is 0 Å². The second-order valence-corrected chi connectivity index (χ2v) is 4.90. The SMILES string of the molecule is C/C(=N/NC(=O)CC[C@H](N)C(=O)O)C(=O)NC[C@@H](CO[N+](=O)[O-])O[N+](=O)[O-]. The Labute approximate surface area is 150 Å². The maximum atomic E-state index is 11.7. The van der Waals surface area contributed by atoms with Crippen LogP contribution in [0.25, 0.3) is 0 Å². The van der Waals surface area contributed by atoms with Crippen molar-refractivity contribution in [1.82, 2.24) is 10.7 Å². The molecule has 152 valence electrons. The van der Waals surface area contributed by atoms with Crippen molar-refractivity contribution in [2.24, 2.45) is 10.8 Å². The van der Waals surface area contributed by atoms with E-state index < -0.39 is 53.3 Å². The van der Waals surface area contributed by atoms with Crippen LogP contribution in [0.4, 0.5) is 0 Å². The summed E-state index contributed by atoms with van der Waals surface area (Å²) in [5.74, 6) is -2.81. The second-order valence-electron chi connectivity index (χ2n) is 4.90. The number of carbonyl (C=O) groups is 3. The molecule has 0 fully saturated rings. The largest absolute Gasteiger partial charge is 0.480 e. The van der Waals surface area contributed by atoms with Gasteiger partial charge in [0.15, 0.2) is 0 Å². The maximum Gasteiger partial charge on any atom is 0.320 e. The molecule has 16 heteroatoms. The third-order valence-corrected chi connectivity index (χ3v) is 2.77. The molecule has 0 heterocycles. The molecule has 0 saturated carbocycles. The highest BCUT2D eigenvalue weighted by molar-refractivity contribution is 6.37. The average Bonchev–Trinajstić information content (AvgIpc) is 2.58. The number of amides is 2. The molecule has 0 aliphatic rings. The van der Waals surface area contributed by atoms with Gasteiger partial charge in [0.25, 0.3) is 16.1 Å². The normalized spacial score (nSPS) is 13.0. The quantitative estimate of drug-likeness (QED) is 0.145. The summed E-state index contributed by atoms with van der Waals surface area (Å²) in [6.45, 7) is -0.109. The van der Waals surface area contributed by atoms with Crippen molar-refractivity contribution in [2.45, 2.75) is 31.9 Å². The van der Waals surface area contributed by atoms with Crippen LogP contribution in [0.3, 0.4) is 0 Å². The summed E-state index contributed by atoms with van der Waals surface area (Å²) < 4.78 is 0. The van der Waals surface area contributed by atoms with Gasteiger partial charge in [0.2, 0.25) is 5.91 Å². The lowest BCUT2D eigenvalue weighted by atomic mass is 10.2. The Morgan fingerprint density at radius 1 is 1.26 bits per heavy atom. The Morgan fingerprint density at radius 3 is 2.41 bits per heavy atom. The molecule has 0 aromatic heterocycles. The molecule has 5 N–H and O–H groups in total. The molecule has 0 aliphatic carbocycles. The Hall–Kier alpha value is -3.56. The first kappa shape index (κ1) is 23.4. The summed E-state index contributed by atoms with van der Waals surface area (Å²) in [6.07, 6.45) is -1.84. The second kappa shape index (κ2) is 11.9. The Morgan fingerprint density at radius 2 is 1.89 bits per heavy atom. The van der Waals surface area contributed by atoms with E-state index in [1.165, 1.54) is 6.92 Å². The highest BCUT2D eigenvalue weighted by atomic mass is 17.0. The van der Waals surface area contributed by atoms with Crippen LogP contribution in [0, 0.1) is 20.2 Å². The summed E-state index contributed by atoms with van der Waals surface area (Å²) in [7, 11) is 0. The van der Waals surface area contributed by atoms with E-state index in [2.05, 4.69) is 20.1 Å². The van der Waals surface area contributed by atoms with Crippen LogP contribution in [0.15, 0.2) is 5.10 Å². The summed E-state index contributed by atoms with van der Waals surface area (Å²) in [4.78, 5) is 62.1. The van der Waals surface area contributed by atoms with E-state index in [0.717, 1.165) is 0 Å². The number of carbonyl (C=O) groups excluding carboxylic acids is 2. The van der Waals surface area contributed by atoms with Crippen LogP contribution >= 0.6 is 0 Å². The zero-order chi connectivity index (χ0) is 21.0. The summed E-state index contributed by atoms with van der Waals surface area (Å²) in [6, 6.07) is -1.22. The van der Waals surface area contributed by atoms with E-state index in [1.807, 2.05) is 5.43 Å². The molecule has 2 atom stereocenters. The molecule has 16 nitrogen and oxygen atoms in total. The molecule has 0 spiro atoms. The topological polar surface area (TPSA) is 239 Å². The van der Waals surface area contributed by atoms with Gasteiger partial charge in [-0.1, -0.05) is 0 Å². The number of nitrogens with zero attached hydrogens (tertiary/aromatic N) is 3. The minimum absolute atomic E-state index is 0.141. The number of nitrogens with two attached hydrogens (primary N) is 1. The fraction of sp³-hybridized carbons (Fsp3) is 0.636. The van der Waals surface area contributed by atoms with Gasteiger partial charge in [-0.25, -0.2) is 5.43 Å². The molecule has 27 heavy (non-hydrogen) atoms. The van der Waals surface area contributed by atoms with Crippen LogP contribution in [-0.2, 0) is 24.1 Å². The van der Waals surface area contributed by atoms with Crippen LogP contribution in [0.1, 0.15) is 19.8 Å².